The molecule has 4 rings (SSSR count). The van der Waals surface area contributed by atoms with Gasteiger partial charge in [-0.05, 0) is 48.1 Å². The Hall–Kier alpha value is -2.01. The highest BCUT2D eigenvalue weighted by atomic mass is 19.4. The van der Waals surface area contributed by atoms with E-state index in [2.05, 4.69) is 6.92 Å². The Morgan fingerprint density at radius 2 is 1.72 bits per heavy atom. The first kappa shape index (κ1) is 20.3. The number of alkyl halides is 3. The molecule has 2 heterocycles. The van der Waals surface area contributed by atoms with Gasteiger partial charge in [0, 0.05) is 11.5 Å². The molecule has 0 N–H and O–H groups in total. The highest BCUT2D eigenvalue weighted by Gasteiger charge is 2.37. The predicted molar refractivity (Wildman–Crippen MR) is 107 cm³/mol. The Kier molecular flexibility index (Phi) is 5.86. The van der Waals surface area contributed by atoms with Gasteiger partial charge in [0.2, 0.25) is 0 Å². The lowest BCUT2D eigenvalue weighted by molar-refractivity contribution is -0.137. The number of fused-ring (bicyclic) bond motifs is 3. The van der Waals surface area contributed by atoms with Crippen LogP contribution in [0.4, 0.5) is 13.2 Å². The normalized spacial score (nSPS) is 23.8. The van der Waals surface area contributed by atoms with Crippen molar-refractivity contribution in [3.8, 4) is 16.9 Å². The van der Waals surface area contributed by atoms with Crippen LogP contribution >= 0.6 is 0 Å². The van der Waals surface area contributed by atoms with E-state index in [1.807, 2.05) is 18.2 Å². The third kappa shape index (κ3) is 4.45. The average Bonchev–Trinajstić information content (AvgIpc) is 2.73. The lowest BCUT2D eigenvalue weighted by atomic mass is 9.81. The van der Waals surface area contributed by atoms with Crippen molar-refractivity contribution in [2.45, 2.75) is 51.3 Å². The summed E-state index contributed by atoms with van der Waals surface area (Å²) in [6, 6.07) is 11.1. The summed E-state index contributed by atoms with van der Waals surface area (Å²) >= 11 is 0. The smallest absolute Gasteiger partial charge is 0.416 e. The van der Waals surface area contributed by atoms with Crippen LogP contribution in [0, 0.1) is 11.8 Å². The number of unbranched alkanes of at least 4 members (excludes halogenated alkanes) is 2. The van der Waals surface area contributed by atoms with Crippen LogP contribution in [0.25, 0.3) is 11.1 Å². The molecule has 2 aromatic carbocycles. The molecule has 0 aliphatic carbocycles. The number of rotatable bonds is 5. The van der Waals surface area contributed by atoms with Gasteiger partial charge in [-0.25, -0.2) is 0 Å². The monoisotopic (exact) mass is 404 g/mol. The van der Waals surface area contributed by atoms with E-state index in [0.29, 0.717) is 18.4 Å². The zero-order chi connectivity index (χ0) is 20.4. The van der Waals surface area contributed by atoms with Crippen LogP contribution in [0.3, 0.4) is 0 Å². The standard InChI is InChI=1S/C24H27F3O2/c1-2-3-4-5-16-12-19-15-28-22-13-18(8-11-21(22)23(19)29-14-16)17-6-9-20(10-7-17)24(25,26)27/h6-11,13,16,19,23H,2-5,12,14-15H2,1H3/t16-,19-,23+/m0/s1. The third-order valence-corrected chi connectivity index (χ3v) is 6.11. The molecule has 1 fully saturated rings. The minimum atomic E-state index is -4.32. The van der Waals surface area contributed by atoms with Crippen molar-refractivity contribution in [1.82, 2.24) is 0 Å². The first-order valence-corrected chi connectivity index (χ1v) is 10.5. The van der Waals surface area contributed by atoms with Gasteiger partial charge in [-0.3, -0.25) is 0 Å². The van der Waals surface area contributed by atoms with Crippen molar-refractivity contribution in [3.63, 3.8) is 0 Å². The van der Waals surface area contributed by atoms with E-state index >= 15 is 0 Å². The van der Waals surface area contributed by atoms with Gasteiger partial charge >= 0.3 is 6.18 Å². The highest BCUT2D eigenvalue weighted by Crippen LogP contribution is 2.45. The minimum absolute atomic E-state index is 0.0582. The van der Waals surface area contributed by atoms with E-state index < -0.39 is 11.7 Å². The van der Waals surface area contributed by atoms with Crippen molar-refractivity contribution < 1.29 is 22.6 Å². The Labute approximate surface area is 170 Å². The van der Waals surface area contributed by atoms with Gasteiger partial charge < -0.3 is 9.47 Å². The highest BCUT2D eigenvalue weighted by molar-refractivity contribution is 5.67. The van der Waals surface area contributed by atoms with Gasteiger partial charge in [0.1, 0.15) is 5.75 Å². The molecule has 0 spiro atoms. The molecule has 0 unspecified atom stereocenters. The number of halogens is 3. The van der Waals surface area contributed by atoms with Crippen LogP contribution in [-0.2, 0) is 10.9 Å². The first-order valence-electron chi connectivity index (χ1n) is 10.5. The summed E-state index contributed by atoms with van der Waals surface area (Å²) < 4.78 is 50.6. The van der Waals surface area contributed by atoms with Crippen molar-refractivity contribution in [2.75, 3.05) is 13.2 Å². The van der Waals surface area contributed by atoms with Crippen molar-refractivity contribution in [1.29, 1.82) is 0 Å². The summed E-state index contributed by atoms with van der Waals surface area (Å²) in [5.74, 6) is 1.77. The second-order valence-corrected chi connectivity index (χ2v) is 8.25. The first-order chi connectivity index (χ1) is 14.0. The van der Waals surface area contributed by atoms with Gasteiger partial charge in [-0.2, -0.15) is 13.2 Å². The lowest BCUT2D eigenvalue weighted by Gasteiger charge is -2.40. The van der Waals surface area contributed by atoms with E-state index in [1.165, 1.54) is 37.8 Å². The summed E-state index contributed by atoms with van der Waals surface area (Å²) in [7, 11) is 0. The molecule has 0 aromatic heterocycles. The Balaban J connectivity index is 1.47. The SMILES string of the molecule is CCCCC[C@@H]1CO[C@H]2c3ccc(-c4ccc(C(F)(F)F)cc4)cc3OC[C@@H]2C1. The van der Waals surface area contributed by atoms with Crippen LogP contribution in [0.5, 0.6) is 5.75 Å². The Morgan fingerprint density at radius 3 is 2.45 bits per heavy atom. The quantitative estimate of drug-likeness (QED) is 0.498. The van der Waals surface area contributed by atoms with Gasteiger partial charge in [0.25, 0.3) is 0 Å². The molecule has 0 radical (unpaired) electrons. The molecule has 2 nitrogen and oxygen atoms in total. The van der Waals surface area contributed by atoms with Crippen LogP contribution in [0.1, 0.15) is 56.3 Å². The van der Waals surface area contributed by atoms with Crippen LogP contribution in [-0.4, -0.2) is 13.2 Å². The molecule has 0 amide bonds. The minimum Gasteiger partial charge on any atom is -0.493 e. The summed E-state index contributed by atoms with van der Waals surface area (Å²) in [4.78, 5) is 0. The summed E-state index contributed by atoms with van der Waals surface area (Å²) in [6.07, 6.45) is 1.86. The van der Waals surface area contributed by atoms with Crippen LogP contribution < -0.4 is 4.74 Å². The number of hydrogen-bond acceptors (Lipinski definition) is 2. The molecule has 0 bridgehead atoms. The number of hydrogen-bond donors (Lipinski definition) is 0. The van der Waals surface area contributed by atoms with Gasteiger partial charge in [-0.1, -0.05) is 50.5 Å². The Morgan fingerprint density at radius 1 is 0.966 bits per heavy atom. The van der Waals surface area contributed by atoms with Crippen molar-refractivity contribution in [3.05, 3.63) is 53.6 Å². The lowest BCUT2D eigenvalue weighted by Crippen LogP contribution is -2.35. The molecule has 29 heavy (non-hydrogen) atoms. The van der Waals surface area contributed by atoms with E-state index in [0.717, 1.165) is 47.6 Å². The zero-order valence-corrected chi connectivity index (χ0v) is 16.7. The maximum absolute atomic E-state index is 12.8. The van der Waals surface area contributed by atoms with Crippen LogP contribution in [0.15, 0.2) is 42.5 Å². The molecule has 2 aliphatic rings. The Bertz CT molecular complexity index is 829. The summed E-state index contributed by atoms with van der Waals surface area (Å²) in [5, 5.41) is 0. The van der Waals surface area contributed by atoms with Crippen LogP contribution in [0.2, 0.25) is 0 Å². The number of ether oxygens (including phenoxy) is 2. The van der Waals surface area contributed by atoms with Gasteiger partial charge in [0.05, 0.1) is 24.9 Å². The van der Waals surface area contributed by atoms with E-state index in [-0.39, 0.29) is 6.10 Å². The third-order valence-electron chi connectivity index (χ3n) is 6.11. The summed E-state index contributed by atoms with van der Waals surface area (Å²) in [5.41, 5.74) is 2.02. The van der Waals surface area contributed by atoms with Gasteiger partial charge in [-0.15, -0.1) is 0 Å². The molecule has 1 saturated heterocycles. The second-order valence-electron chi connectivity index (χ2n) is 8.25. The van der Waals surface area contributed by atoms with Gasteiger partial charge in [0.15, 0.2) is 0 Å². The van der Waals surface area contributed by atoms with Crippen molar-refractivity contribution in [2.24, 2.45) is 11.8 Å². The second kappa shape index (κ2) is 8.39. The molecule has 156 valence electrons. The topological polar surface area (TPSA) is 18.5 Å². The molecule has 0 saturated carbocycles. The zero-order valence-electron chi connectivity index (χ0n) is 16.7. The van der Waals surface area contributed by atoms with E-state index in [9.17, 15) is 13.2 Å². The average molecular weight is 404 g/mol. The predicted octanol–water partition coefficient (Wildman–Crippen LogP) is 7.04. The maximum atomic E-state index is 12.8. The molecular weight excluding hydrogens is 377 g/mol. The molecule has 2 aliphatic heterocycles. The maximum Gasteiger partial charge on any atom is 0.416 e. The fourth-order valence-electron chi connectivity index (χ4n) is 4.50. The van der Waals surface area contributed by atoms with E-state index in [1.54, 1.807) is 0 Å². The molecule has 2 aromatic rings. The fraction of sp³-hybridized carbons (Fsp3) is 0.500. The molecule has 5 heteroatoms. The van der Waals surface area contributed by atoms with Crippen molar-refractivity contribution >= 4 is 0 Å². The molecular formula is C24H27F3O2. The van der Waals surface area contributed by atoms with E-state index in [4.69, 9.17) is 9.47 Å². The fourth-order valence-corrected chi connectivity index (χ4v) is 4.50. The number of benzene rings is 2. The molecule has 3 atom stereocenters. The summed E-state index contributed by atoms with van der Waals surface area (Å²) in [6.45, 7) is 3.65. The largest absolute Gasteiger partial charge is 0.493 e.